The molecule has 1 aromatic heterocycles. The van der Waals surface area contributed by atoms with E-state index in [1.165, 1.54) is 6.34 Å². The van der Waals surface area contributed by atoms with Gasteiger partial charge in [-0.3, -0.25) is 0 Å². The topological polar surface area (TPSA) is 124 Å². The van der Waals surface area contributed by atoms with E-state index in [4.69, 9.17) is 34.2 Å². The summed E-state index contributed by atoms with van der Waals surface area (Å²) >= 11 is 12.3. The Bertz CT molecular complexity index is 1160. The fourth-order valence-electron chi connectivity index (χ4n) is 2.96. The van der Waals surface area contributed by atoms with Crippen molar-refractivity contribution in [2.24, 2.45) is 15.1 Å². The number of aliphatic imine (C=N–C) groups is 2. The average molecular weight is 441 g/mol. The predicted octanol–water partition coefficient (Wildman–Crippen LogP) is 3.01. The Kier molecular flexibility index (Phi) is 5.48. The number of benzene rings is 1. The third kappa shape index (κ3) is 3.90. The van der Waals surface area contributed by atoms with Gasteiger partial charge in [0.1, 0.15) is 29.6 Å². The normalized spacial score (nSPS) is 19.1. The number of aromatic nitrogens is 1. The lowest BCUT2D eigenvalue weighted by Gasteiger charge is -2.26. The number of fused-ring (bicyclic) bond motifs is 1. The van der Waals surface area contributed by atoms with Crippen LogP contribution in [0.1, 0.15) is 11.1 Å². The van der Waals surface area contributed by atoms with Crippen molar-refractivity contribution in [3.05, 3.63) is 57.7 Å². The van der Waals surface area contributed by atoms with E-state index in [1.807, 2.05) is 18.3 Å². The minimum atomic E-state index is -0.0393. The Morgan fingerprint density at radius 3 is 2.80 bits per heavy atom. The SMILES string of the molecule is N#Cc1ccc(NCCN[N+]23C=C(c4ccc(Cl)cc4Cl)N=CC2=NC=N3)nc1N. The Morgan fingerprint density at radius 1 is 1.17 bits per heavy atom. The van der Waals surface area contributed by atoms with Crippen LogP contribution in [0.2, 0.25) is 10.0 Å². The monoisotopic (exact) mass is 440 g/mol. The summed E-state index contributed by atoms with van der Waals surface area (Å²) < 4.78 is -0.0393. The van der Waals surface area contributed by atoms with Crippen molar-refractivity contribution in [2.45, 2.75) is 0 Å². The lowest BCUT2D eigenvalue weighted by atomic mass is 10.1. The number of nitrogens with two attached hydrogens (primary N) is 1. The number of anilines is 2. The fraction of sp³-hybridized carbons (Fsp3) is 0.105. The highest BCUT2D eigenvalue weighted by Crippen LogP contribution is 2.31. The molecule has 0 bridgehead atoms. The highest BCUT2D eigenvalue weighted by Gasteiger charge is 2.39. The van der Waals surface area contributed by atoms with Crippen LogP contribution >= 0.6 is 23.2 Å². The molecule has 4 rings (SSSR count). The van der Waals surface area contributed by atoms with Crippen LogP contribution in [-0.4, -0.2) is 41.2 Å². The highest BCUT2D eigenvalue weighted by molar-refractivity contribution is 6.36. The van der Waals surface area contributed by atoms with Gasteiger partial charge in [-0.15, -0.1) is 5.43 Å². The molecule has 0 amide bonds. The van der Waals surface area contributed by atoms with Gasteiger partial charge < -0.3 is 11.1 Å². The number of amidine groups is 1. The molecular formula is C19H16Cl2N9+. The van der Waals surface area contributed by atoms with Crippen LogP contribution in [-0.2, 0) is 0 Å². The first-order valence-electron chi connectivity index (χ1n) is 8.90. The van der Waals surface area contributed by atoms with E-state index in [2.05, 4.69) is 30.8 Å². The zero-order valence-electron chi connectivity index (χ0n) is 15.5. The van der Waals surface area contributed by atoms with Crippen LogP contribution in [0.4, 0.5) is 11.6 Å². The third-order valence-electron chi connectivity index (χ3n) is 4.44. The second kappa shape index (κ2) is 8.22. The van der Waals surface area contributed by atoms with E-state index >= 15 is 0 Å². The van der Waals surface area contributed by atoms with E-state index in [1.54, 1.807) is 30.5 Å². The van der Waals surface area contributed by atoms with Gasteiger partial charge in [0.25, 0.3) is 5.84 Å². The van der Waals surface area contributed by atoms with Crippen molar-refractivity contribution in [3.8, 4) is 6.07 Å². The van der Waals surface area contributed by atoms with Gasteiger partial charge in [-0.05, 0) is 40.1 Å². The number of hydrogen-bond acceptors (Lipinski definition) is 8. The number of nitrogen functional groups attached to an aromatic ring is 1. The van der Waals surface area contributed by atoms with Crippen molar-refractivity contribution in [1.29, 1.82) is 5.26 Å². The molecule has 0 spiro atoms. The second-order valence-electron chi connectivity index (χ2n) is 6.38. The molecule has 1 aromatic carbocycles. The molecule has 0 saturated heterocycles. The summed E-state index contributed by atoms with van der Waals surface area (Å²) in [5, 5.41) is 17.6. The largest absolute Gasteiger partial charge is 0.383 e. The summed E-state index contributed by atoms with van der Waals surface area (Å²) in [6.45, 7) is 1.05. The smallest absolute Gasteiger partial charge is 0.299 e. The van der Waals surface area contributed by atoms with E-state index < -0.39 is 0 Å². The van der Waals surface area contributed by atoms with Crippen molar-refractivity contribution in [1.82, 2.24) is 10.4 Å². The fourth-order valence-corrected chi connectivity index (χ4v) is 3.47. The van der Waals surface area contributed by atoms with Crippen LogP contribution < -0.4 is 16.5 Å². The molecule has 11 heteroatoms. The van der Waals surface area contributed by atoms with Crippen LogP contribution in [0.25, 0.3) is 5.70 Å². The molecule has 2 aliphatic heterocycles. The summed E-state index contributed by atoms with van der Waals surface area (Å²) in [5.41, 5.74) is 10.8. The van der Waals surface area contributed by atoms with Crippen molar-refractivity contribution < 1.29 is 4.70 Å². The number of quaternary nitrogens is 1. The molecule has 2 aromatic rings. The Morgan fingerprint density at radius 2 is 2.03 bits per heavy atom. The van der Waals surface area contributed by atoms with E-state index in [0.717, 1.165) is 5.56 Å². The molecule has 4 N–H and O–H groups in total. The van der Waals surface area contributed by atoms with Gasteiger partial charge in [0.05, 0.1) is 17.1 Å². The van der Waals surface area contributed by atoms with Gasteiger partial charge in [0, 0.05) is 17.1 Å². The zero-order valence-corrected chi connectivity index (χ0v) is 17.1. The minimum absolute atomic E-state index is 0.0393. The van der Waals surface area contributed by atoms with Crippen LogP contribution in [0.15, 0.2) is 51.6 Å². The summed E-state index contributed by atoms with van der Waals surface area (Å²) in [4.78, 5) is 12.9. The number of hydrogen-bond donors (Lipinski definition) is 3. The second-order valence-corrected chi connectivity index (χ2v) is 7.22. The van der Waals surface area contributed by atoms with Gasteiger partial charge in [0.15, 0.2) is 12.5 Å². The summed E-state index contributed by atoms with van der Waals surface area (Å²) in [6.07, 6.45) is 4.96. The first-order valence-corrected chi connectivity index (χ1v) is 9.65. The van der Waals surface area contributed by atoms with E-state index in [-0.39, 0.29) is 10.5 Å². The standard InChI is InChI=1S/C19H16Cl2N9/c20-13-2-3-14(15(21)7-13)16-10-30(18(9-25-16)26-11-28-30)27-6-5-24-17-4-1-12(8-22)19(23)29-17/h1-4,7,9-11,27H,5-6H2,(H3,23,24,29)/q+1. The number of halogens is 2. The maximum Gasteiger partial charge on any atom is 0.299 e. The number of nitrogens with one attached hydrogen (secondary N) is 2. The molecule has 0 aliphatic carbocycles. The van der Waals surface area contributed by atoms with Gasteiger partial charge in [-0.2, -0.15) is 10.3 Å². The minimum Gasteiger partial charge on any atom is -0.383 e. The Labute approximate surface area is 182 Å². The Hall–Kier alpha value is -3.29. The average Bonchev–Trinajstić information content (AvgIpc) is 3.14. The molecular weight excluding hydrogens is 425 g/mol. The third-order valence-corrected chi connectivity index (χ3v) is 4.99. The molecule has 9 nitrogen and oxygen atoms in total. The van der Waals surface area contributed by atoms with Crippen LogP contribution in [0.5, 0.6) is 0 Å². The van der Waals surface area contributed by atoms with Crippen molar-refractivity contribution >= 4 is 58.9 Å². The van der Waals surface area contributed by atoms with Crippen molar-refractivity contribution in [2.75, 3.05) is 24.1 Å². The molecule has 2 aliphatic rings. The van der Waals surface area contributed by atoms with Crippen LogP contribution in [0.3, 0.4) is 0 Å². The van der Waals surface area contributed by atoms with Gasteiger partial charge >= 0.3 is 0 Å². The molecule has 0 fully saturated rings. The maximum atomic E-state index is 8.93. The van der Waals surface area contributed by atoms with Gasteiger partial charge in [0.2, 0.25) is 0 Å². The zero-order chi connectivity index (χ0) is 21.1. The molecule has 1 unspecified atom stereocenters. The van der Waals surface area contributed by atoms with Crippen LogP contribution in [0, 0.1) is 11.3 Å². The first kappa shape index (κ1) is 20.0. The van der Waals surface area contributed by atoms with Gasteiger partial charge in [-0.25, -0.2) is 9.98 Å². The lowest BCUT2D eigenvalue weighted by Crippen LogP contribution is -2.55. The molecule has 3 heterocycles. The van der Waals surface area contributed by atoms with Crippen molar-refractivity contribution in [3.63, 3.8) is 0 Å². The molecule has 1 atom stereocenters. The van der Waals surface area contributed by atoms with E-state index in [0.29, 0.717) is 46.0 Å². The lowest BCUT2D eigenvalue weighted by molar-refractivity contribution is -0.838. The Balaban J connectivity index is 1.47. The molecule has 30 heavy (non-hydrogen) atoms. The maximum absolute atomic E-state index is 8.93. The highest BCUT2D eigenvalue weighted by atomic mass is 35.5. The quantitative estimate of drug-likeness (QED) is 0.470. The molecule has 0 radical (unpaired) electrons. The predicted molar refractivity (Wildman–Crippen MR) is 119 cm³/mol. The number of rotatable bonds is 6. The summed E-state index contributed by atoms with van der Waals surface area (Å²) in [6, 6.07) is 10.6. The number of nitriles is 1. The summed E-state index contributed by atoms with van der Waals surface area (Å²) in [5.74, 6) is 1.40. The summed E-state index contributed by atoms with van der Waals surface area (Å²) in [7, 11) is 0. The molecule has 150 valence electrons. The first-order chi connectivity index (χ1) is 14.5. The molecule has 0 saturated carbocycles. The van der Waals surface area contributed by atoms with E-state index in [9.17, 15) is 0 Å². The van der Waals surface area contributed by atoms with Gasteiger partial charge in [-0.1, -0.05) is 23.2 Å². The number of pyridine rings is 1. The number of nitrogens with zero attached hydrogens (tertiary/aromatic N) is 6.